The molecular formula is C14H17N. The summed E-state index contributed by atoms with van der Waals surface area (Å²) in [4.78, 5) is 4.69. The van der Waals surface area contributed by atoms with Crippen LogP contribution in [0, 0.1) is 6.92 Å². The van der Waals surface area contributed by atoms with Crippen LogP contribution in [-0.4, -0.2) is 4.98 Å². The van der Waals surface area contributed by atoms with Crippen molar-refractivity contribution >= 4 is 10.8 Å². The lowest BCUT2D eigenvalue weighted by Crippen LogP contribution is -1.99. The first-order chi connectivity index (χ1) is 7.27. The third-order valence-electron chi connectivity index (χ3n) is 2.98. The van der Waals surface area contributed by atoms with Gasteiger partial charge in [0.25, 0.3) is 0 Å². The van der Waals surface area contributed by atoms with Gasteiger partial charge >= 0.3 is 0 Å². The van der Waals surface area contributed by atoms with Gasteiger partial charge in [0.05, 0.1) is 0 Å². The number of aromatic nitrogens is 1. The SMILES string of the molecule is CCc1nc(C)c2ccccc2c1CC. The van der Waals surface area contributed by atoms with Crippen LogP contribution in [0.5, 0.6) is 0 Å². The lowest BCUT2D eigenvalue weighted by molar-refractivity contribution is 0.962. The highest BCUT2D eigenvalue weighted by molar-refractivity contribution is 5.88. The maximum Gasteiger partial charge on any atom is 0.0454 e. The third kappa shape index (κ3) is 1.63. The van der Waals surface area contributed by atoms with Gasteiger partial charge in [0.15, 0.2) is 0 Å². The molecule has 1 heteroatoms. The molecule has 15 heavy (non-hydrogen) atoms. The predicted octanol–water partition coefficient (Wildman–Crippen LogP) is 3.67. The van der Waals surface area contributed by atoms with Crippen molar-refractivity contribution in [3.05, 3.63) is 41.2 Å². The average Bonchev–Trinajstić information content (AvgIpc) is 2.29. The summed E-state index contributed by atoms with van der Waals surface area (Å²) in [6.07, 6.45) is 2.09. The van der Waals surface area contributed by atoms with Crippen LogP contribution in [0.4, 0.5) is 0 Å². The molecule has 0 fully saturated rings. The van der Waals surface area contributed by atoms with E-state index in [2.05, 4.69) is 45.0 Å². The van der Waals surface area contributed by atoms with E-state index in [1.807, 2.05) is 0 Å². The van der Waals surface area contributed by atoms with Gasteiger partial charge < -0.3 is 0 Å². The zero-order valence-corrected chi connectivity index (χ0v) is 9.67. The minimum atomic E-state index is 1.02. The quantitative estimate of drug-likeness (QED) is 0.719. The summed E-state index contributed by atoms with van der Waals surface area (Å²) in [6.45, 7) is 6.48. The molecule has 78 valence electrons. The summed E-state index contributed by atoms with van der Waals surface area (Å²) in [6, 6.07) is 8.57. The smallest absolute Gasteiger partial charge is 0.0454 e. The summed E-state index contributed by atoms with van der Waals surface area (Å²) in [5.74, 6) is 0. The molecule has 0 aliphatic heterocycles. The van der Waals surface area contributed by atoms with E-state index >= 15 is 0 Å². The van der Waals surface area contributed by atoms with Crippen molar-refractivity contribution in [3.63, 3.8) is 0 Å². The summed E-state index contributed by atoms with van der Waals surface area (Å²) >= 11 is 0. The van der Waals surface area contributed by atoms with Crippen molar-refractivity contribution in [1.82, 2.24) is 4.98 Å². The van der Waals surface area contributed by atoms with Crippen LogP contribution in [0.1, 0.15) is 30.8 Å². The van der Waals surface area contributed by atoms with Crippen molar-refractivity contribution in [2.75, 3.05) is 0 Å². The molecule has 1 aromatic carbocycles. The van der Waals surface area contributed by atoms with Crippen LogP contribution in [0.15, 0.2) is 24.3 Å². The Morgan fingerprint density at radius 1 is 1.00 bits per heavy atom. The highest BCUT2D eigenvalue weighted by Gasteiger charge is 2.08. The number of pyridine rings is 1. The summed E-state index contributed by atoms with van der Waals surface area (Å²) in [5.41, 5.74) is 3.83. The van der Waals surface area contributed by atoms with Crippen molar-refractivity contribution in [2.45, 2.75) is 33.6 Å². The van der Waals surface area contributed by atoms with E-state index in [-0.39, 0.29) is 0 Å². The lowest BCUT2D eigenvalue weighted by Gasteiger charge is -2.11. The average molecular weight is 199 g/mol. The highest BCUT2D eigenvalue weighted by atomic mass is 14.7. The Labute approximate surface area is 91.2 Å². The minimum absolute atomic E-state index is 1.02. The number of benzene rings is 1. The van der Waals surface area contributed by atoms with Crippen molar-refractivity contribution in [3.8, 4) is 0 Å². The Morgan fingerprint density at radius 2 is 1.67 bits per heavy atom. The van der Waals surface area contributed by atoms with Crippen molar-refractivity contribution in [2.24, 2.45) is 0 Å². The summed E-state index contributed by atoms with van der Waals surface area (Å²) in [7, 11) is 0. The van der Waals surface area contributed by atoms with E-state index in [0.717, 1.165) is 18.5 Å². The zero-order valence-electron chi connectivity index (χ0n) is 9.67. The molecule has 1 aromatic heterocycles. The van der Waals surface area contributed by atoms with Gasteiger partial charge in [-0.15, -0.1) is 0 Å². The predicted molar refractivity (Wildman–Crippen MR) is 65.2 cm³/mol. The molecule has 1 nitrogen and oxygen atoms in total. The molecule has 0 amide bonds. The topological polar surface area (TPSA) is 12.9 Å². The molecule has 0 aliphatic rings. The van der Waals surface area contributed by atoms with E-state index in [1.54, 1.807) is 0 Å². The van der Waals surface area contributed by atoms with Gasteiger partial charge in [-0.05, 0) is 30.7 Å². The number of rotatable bonds is 2. The van der Waals surface area contributed by atoms with Gasteiger partial charge in [-0.2, -0.15) is 0 Å². The van der Waals surface area contributed by atoms with Crippen LogP contribution in [0.2, 0.25) is 0 Å². The lowest BCUT2D eigenvalue weighted by atomic mass is 9.99. The van der Waals surface area contributed by atoms with E-state index in [0.29, 0.717) is 0 Å². The zero-order chi connectivity index (χ0) is 10.8. The summed E-state index contributed by atoms with van der Waals surface area (Å²) in [5, 5.41) is 2.68. The van der Waals surface area contributed by atoms with E-state index < -0.39 is 0 Å². The first kappa shape index (κ1) is 10.2. The molecule has 0 N–H and O–H groups in total. The van der Waals surface area contributed by atoms with Gasteiger partial charge in [-0.25, -0.2) is 0 Å². The Hall–Kier alpha value is -1.37. The molecule has 2 aromatic rings. The fraction of sp³-hybridized carbons (Fsp3) is 0.357. The molecule has 0 atom stereocenters. The van der Waals surface area contributed by atoms with Gasteiger partial charge in [-0.1, -0.05) is 38.1 Å². The van der Waals surface area contributed by atoms with Gasteiger partial charge in [0.2, 0.25) is 0 Å². The van der Waals surface area contributed by atoms with Crippen molar-refractivity contribution < 1.29 is 0 Å². The summed E-state index contributed by atoms with van der Waals surface area (Å²) < 4.78 is 0. The third-order valence-corrected chi connectivity index (χ3v) is 2.98. The normalized spacial score (nSPS) is 10.9. The maximum atomic E-state index is 4.69. The highest BCUT2D eigenvalue weighted by Crippen LogP contribution is 2.24. The van der Waals surface area contributed by atoms with Crippen LogP contribution < -0.4 is 0 Å². The second kappa shape index (κ2) is 4.01. The number of nitrogens with zero attached hydrogens (tertiary/aromatic N) is 1. The largest absolute Gasteiger partial charge is 0.257 e. The van der Waals surface area contributed by atoms with E-state index in [9.17, 15) is 0 Å². The Bertz CT molecular complexity index is 486. The first-order valence-electron chi connectivity index (χ1n) is 5.65. The Morgan fingerprint density at radius 3 is 2.27 bits per heavy atom. The van der Waals surface area contributed by atoms with Gasteiger partial charge in [0.1, 0.15) is 0 Å². The molecule has 0 aliphatic carbocycles. The fourth-order valence-electron chi connectivity index (χ4n) is 2.23. The van der Waals surface area contributed by atoms with Crippen molar-refractivity contribution in [1.29, 1.82) is 0 Å². The van der Waals surface area contributed by atoms with Crippen LogP contribution in [0.25, 0.3) is 10.8 Å². The standard InChI is InChI=1S/C14H17N/c1-4-11-13-9-7-6-8-12(13)10(3)15-14(11)5-2/h6-9H,4-5H2,1-3H3. The Balaban J connectivity index is 2.85. The number of fused-ring (bicyclic) bond motifs is 1. The molecule has 0 unspecified atom stereocenters. The molecule has 1 heterocycles. The molecule has 0 spiro atoms. The maximum absolute atomic E-state index is 4.69. The van der Waals surface area contributed by atoms with E-state index in [4.69, 9.17) is 4.98 Å². The monoisotopic (exact) mass is 199 g/mol. The molecule has 2 rings (SSSR count). The second-order valence-corrected chi connectivity index (χ2v) is 3.88. The molecular weight excluding hydrogens is 182 g/mol. The molecule has 0 saturated carbocycles. The second-order valence-electron chi connectivity index (χ2n) is 3.88. The minimum Gasteiger partial charge on any atom is -0.257 e. The fourth-order valence-corrected chi connectivity index (χ4v) is 2.23. The number of aryl methyl sites for hydroxylation is 3. The first-order valence-corrected chi connectivity index (χ1v) is 5.65. The number of hydrogen-bond donors (Lipinski definition) is 0. The molecule has 0 radical (unpaired) electrons. The van der Waals surface area contributed by atoms with Crippen LogP contribution in [0.3, 0.4) is 0 Å². The Kier molecular flexibility index (Phi) is 2.72. The van der Waals surface area contributed by atoms with Gasteiger partial charge in [0, 0.05) is 16.8 Å². The molecule has 0 bridgehead atoms. The number of hydrogen-bond acceptors (Lipinski definition) is 1. The van der Waals surface area contributed by atoms with Crippen LogP contribution in [-0.2, 0) is 12.8 Å². The molecule has 0 saturated heterocycles. The van der Waals surface area contributed by atoms with Crippen LogP contribution >= 0.6 is 0 Å². The van der Waals surface area contributed by atoms with E-state index in [1.165, 1.54) is 22.0 Å². The van der Waals surface area contributed by atoms with Gasteiger partial charge in [-0.3, -0.25) is 4.98 Å².